The molecule has 1 fully saturated rings. The quantitative estimate of drug-likeness (QED) is 0.876. The highest BCUT2D eigenvalue weighted by molar-refractivity contribution is 6.30. The second-order valence-corrected chi connectivity index (χ2v) is 7.04. The molecule has 1 aromatic rings. The number of hydrogen-bond donors (Lipinski definition) is 2. The van der Waals surface area contributed by atoms with Crippen LogP contribution < -0.4 is 5.73 Å². The Balaban J connectivity index is 2.13. The van der Waals surface area contributed by atoms with Gasteiger partial charge in [-0.2, -0.15) is 0 Å². The molecular formula is C17H26ClNO. The van der Waals surface area contributed by atoms with Gasteiger partial charge in [0.25, 0.3) is 0 Å². The van der Waals surface area contributed by atoms with E-state index in [2.05, 4.69) is 13.8 Å². The van der Waals surface area contributed by atoms with E-state index >= 15 is 0 Å². The minimum atomic E-state index is -0.488. The summed E-state index contributed by atoms with van der Waals surface area (Å²) in [5.41, 5.74) is 6.81. The van der Waals surface area contributed by atoms with Crippen LogP contribution in [0.1, 0.15) is 51.2 Å². The van der Waals surface area contributed by atoms with Crippen LogP contribution in [0, 0.1) is 17.3 Å². The average molecular weight is 296 g/mol. The third-order valence-electron chi connectivity index (χ3n) is 5.14. The molecule has 3 heteroatoms. The fraction of sp³-hybridized carbons (Fsp3) is 0.647. The molecule has 0 aromatic heterocycles. The number of benzene rings is 1. The van der Waals surface area contributed by atoms with Gasteiger partial charge >= 0.3 is 0 Å². The van der Waals surface area contributed by atoms with Crippen LogP contribution in [0.2, 0.25) is 5.02 Å². The van der Waals surface area contributed by atoms with Crippen LogP contribution in [-0.2, 0) is 0 Å². The van der Waals surface area contributed by atoms with Gasteiger partial charge in [-0.25, -0.2) is 0 Å². The Morgan fingerprint density at radius 1 is 1.25 bits per heavy atom. The molecule has 2 nitrogen and oxygen atoms in total. The lowest BCUT2D eigenvalue weighted by Crippen LogP contribution is -2.40. The summed E-state index contributed by atoms with van der Waals surface area (Å²) < 4.78 is 0. The summed E-state index contributed by atoms with van der Waals surface area (Å²) in [6.07, 6.45) is 3.86. The highest BCUT2D eigenvalue weighted by atomic mass is 35.5. The van der Waals surface area contributed by atoms with Crippen molar-refractivity contribution >= 4 is 11.6 Å². The summed E-state index contributed by atoms with van der Waals surface area (Å²) in [7, 11) is 0. The zero-order valence-electron chi connectivity index (χ0n) is 12.5. The first kappa shape index (κ1) is 15.8. The fourth-order valence-corrected chi connectivity index (χ4v) is 3.60. The molecule has 20 heavy (non-hydrogen) atoms. The number of halogens is 1. The largest absolute Gasteiger partial charge is 0.388 e. The van der Waals surface area contributed by atoms with Crippen molar-refractivity contribution in [3.63, 3.8) is 0 Å². The molecule has 0 heterocycles. The third kappa shape index (κ3) is 3.19. The molecule has 2 rings (SSSR count). The van der Waals surface area contributed by atoms with Gasteiger partial charge in [-0.05, 0) is 55.2 Å². The minimum absolute atomic E-state index is 0.167. The van der Waals surface area contributed by atoms with Crippen molar-refractivity contribution in [1.82, 2.24) is 0 Å². The number of aliphatic hydroxyl groups is 1. The Morgan fingerprint density at radius 2 is 1.80 bits per heavy atom. The molecule has 1 saturated carbocycles. The van der Waals surface area contributed by atoms with Crippen LogP contribution in [0.15, 0.2) is 24.3 Å². The predicted molar refractivity (Wildman–Crippen MR) is 84.7 cm³/mol. The lowest BCUT2D eigenvalue weighted by molar-refractivity contribution is -0.0148. The highest BCUT2D eigenvalue weighted by Crippen LogP contribution is 2.48. The summed E-state index contributed by atoms with van der Waals surface area (Å²) >= 11 is 5.92. The molecule has 0 radical (unpaired) electrons. The first-order valence-electron chi connectivity index (χ1n) is 7.62. The Labute approximate surface area is 127 Å². The van der Waals surface area contributed by atoms with E-state index < -0.39 is 6.10 Å². The number of rotatable bonds is 4. The molecule has 0 spiro atoms. The summed E-state index contributed by atoms with van der Waals surface area (Å²) in [6, 6.07) is 7.51. The molecule has 0 amide bonds. The zero-order valence-corrected chi connectivity index (χ0v) is 13.2. The summed E-state index contributed by atoms with van der Waals surface area (Å²) in [4.78, 5) is 0. The molecule has 1 unspecified atom stereocenters. The first-order chi connectivity index (χ1) is 9.48. The van der Waals surface area contributed by atoms with E-state index in [0.717, 1.165) is 30.2 Å². The van der Waals surface area contributed by atoms with Crippen molar-refractivity contribution in [2.45, 2.75) is 45.6 Å². The Morgan fingerprint density at radius 3 is 2.25 bits per heavy atom. The standard InChI is InChI=1S/C17H26ClNO/c1-12(2)13-7-9-17(11-19,10-8-13)16(20)14-3-5-15(18)6-4-14/h3-6,12-13,16,20H,7-11,19H2,1-2H3. The lowest BCUT2D eigenvalue weighted by atomic mass is 9.64. The highest BCUT2D eigenvalue weighted by Gasteiger charge is 2.41. The van der Waals surface area contributed by atoms with Gasteiger partial charge < -0.3 is 10.8 Å². The topological polar surface area (TPSA) is 46.2 Å². The van der Waals surface area contributed by atoms with Gasteiger partial charge in [-0.15, -0.1) is 0 Å². The Hall–Kier alpha value is -0.570. The zero-order chi connectivity index (χ0) is 14.8. The molecule has 112 valence electrons. The number of hydrogen-bond acceptors (Lipinski definition) is 2. The van der Waals surface area contributed by atoms with E-state index in [9.17, 15) is 5.11 Å². The van der Waals surface area contributed by atoms with Crippen LogP contribution in [0.4, 0.5) is 0 Å². The second kappa shape index (κ2) is 6.46. The molecular weight excluding hydrogens is 270 g/mol. The fourth-order valence-electron chi connectivity index (χ4n) is 3.47. The molecule has 0 saturated heterocycles. The van der Waals surface area contributed by atoms with Gasteiger partial charge in [-0.1, -0.05) is 37.6 Å². The Kier molecular flexibility index (Phi) is 5.11. The van der Waals surface area contributed by atoms with Gasteiger partial charge in [0.2, 0.25) is 0 Å². The monoisotopic (exact) mass is 295 g/mol. The van der Waals surface area contributed by atoms with Crippen LogP contribution in [0.25, 0.3) is 0 Å². The van der Waals surface area contributed by atoms with E-state index in [-0.39, 0.29) is 5.41 Å². The first-order valence-corrected chi connectivity index (χ1v) is 8.00. The van der Waals surface area contributed by atoms with Crippen molar-refractivity contribution in [2.24, 2.45) is 23.0 Å². The maximum absolute atomic E-state index is 10.8. The van der Waals surface area contributed by atoms with Crippen molar-refractivity contribution in [3.05, 3.63) is 34.9 Å². The minimum Gasteiger partial charge on any atom is -0.388 e. The molecule has 3 N–H and O–H groups in total. The predicted octanol–water partition coefficient (Wildman–Crippen LogP) is 4.16. The van der Waals surface area contributed by atoms with Crippen molar-refractivity contribution in [3.8, 4) is 0 Å². The number of nitrogens with two attached hydrogens (primary N) is 1. The normalized spacial score (nSPS) is 28.6. The summed E-state index contributed by atoms with van der Waals surface area (Å²) in [5.74, 6) is 1.49. The smallest absolute Gasteiger partial charge is 0.0858 e. The second-order valence-electron chi connectivity index (χ2n) is 6.60. The molecule has 1 atom stereocenters. The lowest BCUT2D eigenvalue weighted by Gasteiger charge is -2.44. The van der Waals surface area contributed by atoms with Crippen LogP contribution in [-0.4, -0.2) is 11.7 Å². The summed E-state index contributed by atoms with van der Waals surface area (Å²) in [6.45, 7) is 5.12. The SMILES string of the molecule is CC(C)C1CCC(CN)(C(O)c2ccc(Cl)cc2)CC1. The van der Waals surface area contributed by atoms with Crippen molar-refractivity contribution in [1.29, 1.82) is 0 Å². The van der Waals surface area contributed by atoms with E-state index in [0.29, 0.717) is 11.6 Å². The third-order valence-corrected chi connectivity index (χ3v) is 5.39. The van der Waals surface area contributed by atoms with Crippen LogP contribution >= 0.6 is 11.6 Å². The van der Waals surface area contributed by atoms with Crippen molar-refractivity contribution < 1.29 is 5.11 Å². The van der Waals surface area contributed by atoms with E-state index in [1.807, 2.05) is 24.3 Å². The molecule has 0 bridgehead atoms. The maximum atomic E-state index is 10.8. The molecule has 1 aliphatic carbocycles. The van der Waals surface area contributed by atoms with Crippen LogP contribution in [0.3, 0.4) is 0 Å². The Bertz CT molecular complexity index is 421. The van der Waals surface area contributed by atoms with Gasteiger partial charge in [0, 0.05) is 17.0 Å². The van der Waals surface area contributed by atoms with Crippen molar-refractivity contribution in [2.75, 3.05) is 6.54 Å². The van der Waals surface area contributed by atoms with E-state index in [1.165, 1.54) is 12.8 Å². The summed E-state index contributed by atoms with van der Waals surface area (Å²) in [5, 5.41) is 11.5. The van der Waals surface area contributed by atoms with E-state index in [1.54, 1.807) is 0 Å². The van der Waals surface area contributed by atoms with Gasteiger partial charge in [-0.3, -0.25) is 0 Å². The average Bonchev–Trinajstić information content (AvgIpc) is 2.47. The molecule has 1 aliphatic rings. The number of aliphatic hydroxyl groups excluding tert-OH is 1. The van der Waals surface area contributed by atoms with Crippen LogP contribution in [0.5, 0.6) is 0 Å². The molecule has 0 aliphatic heterocycles. The van der Waals surface area contributed by atoms with Gasteiger partial charge in [0.15, 0.2) is 0 Å². The van der Waals surface area contributed by atoms with E-state index in [4.69, 9.17) is 17.3 Å². The molecule has 1 aromatic carbocycles. The van der Waals surface area contributed by atoms with Gasteiger partial charge in [0.1, 0.15) is 0 Å². The van der Waals surface area contributed by atoms with Gasteiger partial charge in [0.05, 0.1) is 6.10 Å². The maximum Gasteiger partial charge on any atom is 0.0858 e.